The largest absolute Gasteiger partial charge is 0.496 e. The lowest BCUT2D eigenvalue weighted by Crippen LogP contribution is -2.31. The summed E-state index contributed by atoms with van der Waals surface area (Å²) in [7, 11) is 3.47. The topological polar surface area (TPSA) is 69.0 Å². The molecule has 6 nitrogen and oxygen atoms in total. The molecule has 0 radical (unpaired) electrons. The van der Waals surface area contributed by atoms with E-state index < -0.39 is 6.04 Å². The number of carbonyl (C=O) groups is 1. The highest BCUT2D eigenvalue weighted by Crippen LogP contribution is 2.32. The predicted molar refractivity (Wildman–Crippen MR) is 118 cm³/mol. The number of hydrogen-bond donors (Lipinski definition) is 1. The number of halogens is 1. The number of rotatable bonds is 6. The third-order valence-electron chi connectivity index (χ3n) is 4.94. The minimum atomic E-state index is -0.514. The Kier molecular flexibility index (Phi) is 5.81. The number of hydrogen-bond acceptors (Lipinski definition) is 5. The van der Waals surface area contributed by atoms with Crippen molar-refractivity contribution in [1.29, 1.82) is 0 Å². The summed E-state index contributed by atoms with van der Waals surface area (Å²) in [6, 6.07) is 13.1. The standard InChI is InChI=1S/C23H21FN4O2S/c1-14-20(31-23(26-14)15-8-10-16(24)11-9-15)22(29)27-19(21-25-12-13-28(21)2)17-6-4-5-7-18(17)30-3/h4-13,19H,1-3H3,(H,27,29). The summed E-state index contributed by atoms with van der Waals surface area (Å²) in [5.41, 5.74) is 2.17. The van der Waals surface area contributed by atoms with Crippen LogP contribution in [-0.4, -0.2) is 27.6 Å². The number of nitrogens with one attached hydrogen (secondary N) is 1. The number of thiazole rings is 1. The van der Waals surface area contributed by atoms with Crippen LogP contribution in [0.25, 0.3) is 10.6 Å². The van der Waals surface area contributed by atoms with Crippen LogP contribution in [0, 0.1) is 12.7 Å². The van der Waals surface area contributed by atoms with Gasteiger partial charge in [-0.05, 0) is 37.3 Å². The molecule has 8 heteroatoms. The van der Waals surface area contributed by atoms with Crippen molar-refractivity contribution in [3.05, 3.63) is 88.7 Å². The zero-order valence-corrected chi connectivity index (χ0v) is 18.1. The molecule has 0 saturated carbocycles. The summed E-state index contributed by atoms with van der Waals surface area (Å²) in [6.07, 6.45) is 3.52. The van der Waals surface area contributed by atoms with Crippen LogP contribution < -0.4 is 10.1 Å². The normalized spacial score (nSPS) is 11.9. The highest BCUT2D eigenvalue weighted by atomic mass is 32.1. The van der Waals surface area contributed by atoms with Gasteiger partial charge in [0.1, 0.15) is 33.3 Å². The average Bonchev–Trinajstić information content (AvgIpc) is 3.38. The number of para-hydroxylation sites is 1. The van der Waals surface area contributed by atoms with Gasteiger partial charge in [-0.15, -0.1) is 11.3 Å². The highest BCUT2D eigenvalue weighted by Gasteiger charge is 2.26. The number of imidazole rings is 1. The Bertz CT molecular complexity index is 1220. The van der Waals surface area contributed by atoms with E-state index in [9.17, 15) is 9.18 Å². The molecule has 4 rings (SSSR count). The Morgan fingerprint density at radius 1 is 1.19 bits per heavy atom. The molecule has 2 aromatic carbocycles. The van der Waals surface area contributed by atoms with Crippen LogP contribution in [0.2, 0.25) is 0 Å². The summed E-state index contributed by atoms with van der Waals surface area (Å²) >= 11 is 1.27. The number of aryl methyl sites for hydroxylation is 2. The first kappa shape index (κ1) is 20.7. The zero-order valence-electron chi connectivity index (χ0n) is 17.3. The van der Waals surface area contributed by atoms with E-state index in [1.165, 1.54) is 23.5 Å². The van der Waals surface area contributed by atoms with Crippen LogP contribution in [0.15, 0.2) is 60.9 Å². The molecule has 2 heterocycles. The van der Waals surface area contributed by atoms with Gasteiger partial charge in [-0.3, -0.25) is 4.79 Å². The first-order valence-corrected chi connectivity index (χ1v) is 10.4. The number of aromatic nitrogens is 3. The van der Waals surface area contributed by atoms with Crippen molar-refractivity contribution in [2.24, 2.45) is 7.05 Å². The molecule has 0 bridgehead atoms. The predicted octanol–water partition coefficient (Wildman–Crippen LogP) is 4.52. The van der Waals surface area contributed by atoms with Crippen molar-refractivity contribution in [3.63, 3.8) is 0 Å². The van der Waals surface area contributed by atoms with E-state index in [4.69, 9.17) is 4.74 Å². The van der Waals surface area contributed by atoms with Gasteiger partial charge >= 0.3 is 0 Å². The van der Waals surface area contributed by atoms with Crippen LogP contribution in [-0.2, 0) is 7.05 Å². The quantitative estimate of drug-likeness (QED) is 0.483. The summed E-state index contributed by atoms with van der Waals surface area (Å²) < 4.78 is 20.6. The number of amides is 1. The number of carbonyl (C=O) groups excluding carboxylic acids is 1. The Morgan fingerprint density at radius 3 is 2.61 bits per heavy atom. The minimum absolute atomic E-state index is 0.262. The molecule has 4 aromatic rings. The second-order valence-corrected chi connectivity index (χ2v) is 7.98. The molecule has 0 aliphatic heterocycles. The molecular weight excluding hydrogens is 415 g/mol. The molecule has 1 N–H and O–H groups in total. The molecule has 158 valence electrons. The van der Waals surface area contributed by atoms with E-state index in [1.54, 1.807) is 32.4 Å². The maximum absolute atomic E-state index is 13.3. The fraction of sp³-hybridized carbons (Fsp3) is 0.174. The van der Waals surface area contributed by atoms with Crippen molar-refractivity contribution in [2.75, 3.05) is 7.11 Å². The Balaban J connectivity index is 1.69. The molecule has 1 unspecified atom stereocenters. The molecule has 0 aliphatic carbocycles. The lowest BCUT2D eigenvalue weighted by atomic mass is 10.0. The minimum Gasteiger partial charge on any atom is -0.496 e. The number of ether oxygens (including phenoxy) is 1. The van der Waals surface area contributed by atoms with E-state index in [0.29, 0.717) is 27.2 Å². The first-order chi connectivity index (χ1) is 15.0. The molecule has 0 spiro atoms. The molecule has 31 heavy (non-hydrogen) atoms. The molecular formula is C23H21FN4O2S. The van der Waals surface area contributed by atoms with Gasteiger partial charge in [0.2, 0.25) is 0 Å². The van der Waals surface area contributed by atoms with Crippen LogP contribution >= 0.6 is 11.3 Å². The lowest BCUT2D eigenvalue weighted by molar-refractivity contribution is 0.0944. The zero-order chi connectivity index (χ0) is 22.0. The van der Waals surface area contributed by atoms with Gasteiger partial charge in [0.05, 0.1) is 12.8 Å². The average molecular weight is 437 g/mol. The van der Waals surface area contributed by atoms with Crippen molar-refractivity contribution in [3.8, 4) is 16.3 Å². The van der Waals surface area contributed by atoms with Crippen LogP contribution in [0.4, 0.5) is 4.39 Å². The molecule has 1 atom stereocenters. The van der Waals surface area contributed by atoms with Gasteiger partial charge in [-0.2, -0.15) is 0 Å². The second-order valence-electron chi connectivity index (χ2n) is 6.99. The smallest absolute Gasteiger partial charge is 0.264 e. The van der Waals surface area contributed by atoms with Crippen molar-refractivity contribution < 1.29 is 13.9 Å². The van der Waals surface area contributed by atoms with Gasteiger partial charge in [0.15, 0.2) is 0 Å². The first-order valence-electron chi connectivity index (χ1n) is 9.62. The van der Waals surface area contributed by atoms with E-state index in [0.717, 1.165) is 11.1 Å². The third kappa shape index (κ3) is 4.20. The Labute approximate surface area is 183 Å². The highest BCUT2D eigenvalue weighted by molar-refractivity contribution is 7.17. The van der Waals surface area contributed by atoms with Gasteiger partial charge < -0.3 is 14.6 Å². The number of nitrogens with zero attached hydrogens (tertiary/aromatic N) is 3. The van der Waals surface area contributed by atoms with Crippen LogP contribution in [0.3, 0.4) is 0 Å². The number of methoxy groups -OCH3 is 1. The molecule has 0 saturated heterocycles. The van der Waals surface area contributed by atoms with Gasteiger partial charge in [0, 0.05) is 30.6 Å². The van der Waals surface area contributed by atoms with Crippen molar-refractivity contribution in [1.82, 2.24) is 19.9 Å². The van der Waals surface area contributed by atoms with E-state index in [-0.39, 0.29) is 11.7 Å². The summed E-state index contributed by atoms with van der Waals surface area (Å²) in [5.74, 6) is 0.759. The van der Waals surface area contributed by atoms with Gasteiger partial charge in [-0.25, -0.2) is 14.4 Å². The maximum Gasteiger partial charge on any atom is 0.264 e. The molecule has 1 amide bonds. The SMILES string of the molecule is COc1ccccc1C(NC(=O)c1sc(-c2ccc(F)cc2)nc1C)c1nccn1C. The number of benzene rings is 2. The van der Waals surface area contributed by atoms with E-state index in [1.807, 2.05) is 42.1 Å². The Morgan fingerprint density at radius 2 is 1.94 bits per heavy atom. The molecule has 0 aliphatic rings. The van der Waals surface area contributed by atoms with Gasteiger partial charge in [-0.1, -0.05) is 18.2 Å². The van der Waals surface area contributed by atoms with Crippen molar-refractivity contribution in [2.45, 2.75) is 13.0 Å². The van der Waals surface area contributed by atoms with Crippen LogP contribution in [0.1, 0.15) is 32.8 Å². The Hall–Kier alpha value is -3.52. The van der Waals surface area contributed by atoms with Crippen LogP contribution in [0.5, 0.6) is 5.75 Å². The fourth-order valence-electron chi connectivity index (χ4n) is 3.36. The fourth-order valence-corrected chi connectivity index (χ4v) is 4.34. The summed E-state index contributed by atoms with van der Waals surface area (Å²) in [6.45, 7) is 1.79. The van der Waals surface area contributed by atoms with Gasteiger partial charge in [0.25, 0.3) is 5.91 Å². The third-order valence-corrected chi connectivity index (χ3v) is 6.14. The molecule has 0 fully saturated rings. The van der Waals surface area contributed by atoms with Crippen molar-refractivity contribution >= 4 is 17.2 Å². The lowest BCUT2D eigenvalue weighted by Gasteiger charge is -2.21. The van der Waals surface area contributed by atoms with E-state index >= 15 is 0 Å². The molecule has 2 aromatic heterocycles. The summed E-state index contributed by atoms with van der Waals surface area (Å²) in [5, 5.41) is 3.75. The monoisotopic (exact) mass is 436 g/mol. The maximum atomic E-state index is 13.3. The van der Waals surface area contributed by atoms with E-state index in [2.05, 4.69) is 15.3 Å². The summed E-state index contributed by atoms with van der Waals surface area (Å²) in [4.78, 5) is 22.7. The second kappa shape index (κ2) is 8.69.